The Hall–Kier alpha value is 0.945. The van der Waals surface area contributed by atoms with Crippen LogP contribution in [0.1, 0.15) is 59.3 Å². The van der Waals surface area contributed by atoms with Gasteiger partial charge in [-0.15, -0.1) is 0 Å². The highest BCUT2D eigenvalue weighted by molar-refractivity contribution is 7.25. The number of hydrogen-bond donors (Lipinski definition) is 0. The molecule has 0 radical (unpaired) electrons. The Balaban J connectivity index is 2.82. The van der Waals surface area contributed by atoms with Gasteiger partial charge in [-0.05, 0) is 38.9 Å². The van der Waals surface area contributed by atoms with Crippen molar-refractivity contribution in [3.63, 3.8) is 0 Å². The van der Waals surface area contributed by atoms with Crippen LogP contribution in [0.5, 0.6) is 0 Å². The summed E-state index contributed by atoms with van der Waals surface area (Å²) >= 11 is 20.0. The van der Waals surface area contributed by atoms with Gasteiger partial charge in [0.1, 0.15) is 0 Å². The average Bonchev–Trinajstić information content (AvgIpc) is 2.47. The molecule has 1 fully saturated rings. The first-order valence-corrected chi connectivity index (χ1v) is 9.58. The third-order valence-electron chi connectivity index (χ3n) is 3.95. The highest BCUT2D eigenvalue weighted by atomic mass is 35.5. The van der Waals surface area contributed by atoms with Crippen LogP contribution in [0.4, 0.5) is 0 Å². The van der Waals surface area contributed by atoms with Gasteiger partial charge in [-0.3, -0.25) is 0 Å². The van der Waals surface area contributed by atoms with E-state index in [0.29, 0.717) is 0 Å². The van der Waals surface area contributed by atoms with Gasteiger partial charge in [0.25, 0.3) is 0 Å². The van der Waals surface area contributed by atoms with Crippen LogP contribution in [-0.2, 0) is 0 Å². The van der Waals surface area contributed by atoms with Crippen LogP contribution in [0, 0.1) is 0 Å². The molecule has 120 valence electrons. The quantitative estimate of drug-likeness (QED) is 0.582. The third kappa shape index (κ3) is 5.51. The second-order valence-electron chi connectivity index (χ2n) is 5.71. The Morgan fingerprint density at radius 1 is 0.571 bits per heavy atom. The van der Waals surface area contributed by atoms with Gasteiger partial charge in [0.15, 0.2) is 0 Å². The predicted molar refractivity (Wildman–Crippen MR) is 99.7 cm³/mol. The third-order valence-corrected chi connectivity index (χ3v) is 5.46. The molecule has 0 aromatic carbocycles. The van der Waals surface area contributed by atoms with Gasteiger partial charge in [-0.2, -0.15) is 34.4 Å². The molecule has 0 amide bonds. The number of halogens is 3. The summed E-state index contributed by atoms with van der Waals surface area (Å²) in [6.07, 6.45) is 6.06. The molecular formula is C12H27B3Cl3N3. The van der Waals surface area contributed by atoms with Gasteiger partial charge in [0.2, 0.25) is 0 Å². The molecule has 3 nitrogen and oxygen atoms in total. The van der Waals surface area contributed by atoms with E-state index in [0.717, 1.165) is 58.2 Å². The van der Waals surface area contributed by atoms with Crippen molar-refractivity contribution in [1.82, 2.24) is 14.2 Å². The minimum atomic E-state index is -0.217. The smallest absolute Gasteiger partial charge is 0.329 e. The molecular weight excluding hydrogens is 325 g/mol. The second kappa shape index (κ2) is 10.7. The molecule has 1 heterocycles. The summed E-state index contributed by atoms with van der Waals surface area (Å²) in [6.45, 7) is 9.29. The highest BCUT2D eigenvalue weighted by Gasteiger charge is 2.50. The van der Waals surface area contributed by atoms with Crippen LogP contribution in [0.15, 0.2) is 0 Å². The summed E-state index contributed by atoms with van der Waals surface area (Å²) in [5.74, 6) is 0. The first-order chi connectivity index (χ1) is 10.1. The molecule has 0 N–H and O–H groups in total. The number of nitrogens with zero attached hydrogens (tertiary/aromatic N) is 3. The topological polar surface area (TPSA) is 9.72 Å². The summed E-state index contributed by atoms with van der Waals surface area (Å²) in [5.41, 5.74) is 0. The van der Waals surface area contributed by atoms with E-state index in [9.17, 15) is 0 Å². The molecule has 1 saturated heterocycles. The normalized spacial score (nSPS) is 18.9. The fourth-order valence-electron chi connectivity index (χ4n) is 2.54. The lowest BCUT2D eigenvalue weighted by molar-refractivity contribution is 0.441. The predicted octanol–water partition coefficient (Wildman–Crippen LogP) is 3.98. The number of hydrogen-bond acceptors (Lipinski definition) is 3. The van der Waals surface area contributed by atoms with Crippen LogP contribution in [0.25, 0.3) is 0 Å². The van der Waals surface area contributed by atoms with Crippen LogP contribution in [0.2, 0.25) is 0 Å². The summed E-state index contributed by atoms with van der Waals surface area (Å²) in [6, 6.07) is 0. The first kappa shape index (κ1) is 20.0. The van der Waals surface area contributed by atoms with Gasteiger partial charge >= 0.3 is 19.2 Å². The van der Waals surface area contributed by atoms with Crippen LogP contribution < -0.4 is 0 Å². The van der Waals surface area contributed by atoms with Crippen molar-refractivity contribution in [2.75, 3.05) is 19.6 Å². The van der Waals surface area contributed by atoms with Gasteiger partial charge in [0.05, 0.1) is 0 Å². The Labute approximate surface area is 146 Å². The Morgan fingerprint density at radius 2 is 0.810 bits per heavy atom. The molecule has 0 atom stereocenters. The highest BCUT2D eigenvalue weighted by Crippen LogP contribution is 2.26. The molecule has 0 aliphatic carbocycles. The second-order valence-corrected chi connectivity index (χ2v) is 6.88. The van der Waals surface area contributed by atoms with E-state index in [2.05, 4.69) is 34.9 Å². The molecule has 1 rings (SSSR count). The molecule has 0 saturated carbocycles. The van der Waals surface area contributed by atoms with E-state index in [1.54, 1.807) is 0 Å². The first-order valence-electron chi connectivity index (χ1n) is 8.27. The van der Waals surface area contributed by atoms with Crippen LogP contribution in [0.3, 0.4) is 0 Å². The van der Waals surface area contributed by atoms with E-state index < -0.39 is 0 Å². The Bertz CT molecular complexity index is 237. The van der Waals surface area contributed by atoms with Gasteiger partial charge in [-0.1, -0.05) is 40.0 Å². The lowest BCUT2D eigenvalue weighted by Crippen LogP contribution is -2.73. The van der Waals surface area contributed by atoms with Gasteiger partial charge in [-0.25, -0.2) is 0 Å². The van der Waals surface area contributed by atoms with Gasteiger partial charge < -0.3 is 14.2 Å². The standard InChI is InChI=1S/C12H27B3Cl3N3/c1-4-7-10-19-13(16)20(11-8-5-2)15(18)21(14(19)17)12-9-6-3/h4-12H2,1-3H3. The molecule has 0 spiro atoms. The van der Waals surface area contributed by atoms with Crippen LogP contribution >= 0.6 is 34.4 Å². The maximum atomic E-state index is 6.67. The van der Waals surface area contributed by atoms with Crippen molar-refractivity contribution in [2.45, 2.75) is 59.3 Å². The monoisotopic (exact) mass is 351 g/mol. The van der Waals surface area contributed by atoms with E-state index in [1.807, 2.05) is 0 Å². The van der Waals surface area contributed by atoms with E-state index in [1.165, 1.54) is 0 Å². The van der Waals surface area contributed by atoms with Crippen LogP contribution in [-0.4, -0.2) is 53.0 Å². The summed E-state index contributed by atoms with van der Waals surface area (Å²) < 4.78 is 6.49. The van der Waals surface area contributed by atoms with Crippen molar-refractivity contribution in [3.8, 4) is 0 Å². The SMILES string of the molecule is CCCCN1B(Cl)N(CCCC)B(Cl)N(CCCC)B1Cl. The van der Waals surface area contributed by atoms with Crippen molar-refractivity contribution in [1.29, 1.82) is 0 Å². The zero-order chi connectivity index (χ0) is 15.8. The van der Waals surface area contributed by atoms with Crippen molar-refractivity contribution < 1.29 is 0 Å². The summed E-state index contributed by atoms with van der Waals surface area (Å²) in [4.78, 5) is 0. The summed E-state index contributed by atoms with van der Waals surface area (Å²) in [5, 5.41) is 0. The zero-order valence-corrected chi connectivity index (χ0v) is 15.8. The zero-order valence-electron chi connectivity index (χ0n) is 13.6. The molecule has 1 aliphatic rings. The molecule has 1 aliphatic heterocycles. The minimum Gasteiger partial charge on any atom is -0.329 e. The fourth-order valence-corrected chi connectivity index (χ4v) is 3.94. The minimum absolute atomic E-state index is 0.217. The molecule has 0 aromatic rings. The molecule has 0 bridgehead atoms. The molecule has 21 heavy (non-hydrogen) atoms. The fraction of sp³-hybridized carbons (Fsp3) is 1.00. The molecule has 0 unspecified atom stereocenters. The summed E-state index contributed by atoms with van der Waals surface area (Å²) in [7, 11) is 0. The van der Waals surface area contributed by atoms with Crippen molar-refractivity contribution >= 4 is 53.6 Å². The van der Waals surface area contributed by atoms with Gasteiger partial charge in [0, 0.05) is 0 Å². The van der Waals surface area contributed by atoms with E-state index >= 15 is 0 Å². The van der Waals surface area contributed by atoms with Crippen molar-refractivity contribution in [3.05, 3.63) is 0 Å². The average molecular weight is 352 g/mol. The van der Waals surface area contributed by atoms with E-state index in [4.69, 9.17) is 34.4 Å². The number of unbranched alkanes of at least 4 members (excludes halogenated alkanes) is 3. The lowest BCUT2D eigenvalue weighted by atomic mass is 9.70. The maximum absolute atomic E-state index is 6.67. The Morgan fingerprint density at radius 3 is 1.00 bits per heavy atom. The lowest BCUT2D eigenvalue weighted by Gasteiger charge is -2.48. The maximum Gasteiger partial charge on any atom is 0.400 e. The molecule has 0 aromatic heterocycles. The molecule has 9 heteroatoms. The largest absolute Gasteiger partial charge is 0.400 e. The van der Waals surface area contributed by atoms with E-state index in [-0.39, 0.29) is 19.2 Å². The number of rotatable bonds is 9. The van der Waals surface area contributed by atoms with Crippen molar-refractivity contribution in [2.24, 2.45) is 0 Å². The Kier molecular flexibility index (Phi) is 10.2.